The van der Waals surface area contributed by atoms with Crippen LogP contribution in [0.3, 0.4) is 0 Å². The fourth-order valence-corrected chi connectivity index (χ4v) is 2.49. The van der Waals surface area contributed by atoms with Crippen LogP contribution in [0.2, 0.25) is 0 Å². The van der Waals surface area contributed by atoms with Crippen LogP contribution >= 0.6 is 27.5 Å². The normalized spacial score (nSPS) is 10.9. The summed E-state index contributed by atoms with van der Waals surface area (Å²) in [5.41, 5.74) is 1.21. The summed E-state index contributed by atoms with van der Waals surface area (Å²) < 4.78 is 6.47. The maximum atomic E-state index is 5.67. The van der Waals surface area contributed by atoms with Gasteiger partial charge in [-0.05, 0) is 44.6 Å². The van der Waals surface area contributed by atoms with Gasteiger partial charge in [-0.15, -0.1) is 11.6 Å². The maximum Gasteiger partial charge on any atom is 0.123 e. The van der Waals surface area contributed by atoms with Crippen LogP contribution in [0.4, 0.5) is 0 Å². The summed E-state index contributed by atoms with van der Waals surface area (Å²) in [4.78, 5) is 2.32. The average Bonchev–Trinajstić information content (AvgIpc) is 2.35. The van der Waals surface area contributed by atoms with Gasteiger partial charge in [0.1, 0.15) is 5.75 Å². The molecule has 0 saturated heterocycles. The molecule has 0 bridgehead atoms. The van der Waals surface area contributed by atoms with E-state index in [1.54, 1.807) is 7.11 Å². The highest BCUT2D eigenvalue weighted by Gasteiger charge is 2.06. The lowest BCUT2D eigenvalue weighted by Crippen LogP contribution is -2.19. The van der Waals surface area contributed by atoms with Gasteiger partial charge in [-0.25, -0.2) is 0 Å². The Morgan fingerprint density at radius 1 is 1.28 bits per heavy atom. The van der Waals surface area contributed by atoms with Crippen molar-refractivity contribution in [3.05, 3.63) is 28.2 Å². The smallest absolute Gasteiger partial charge is 0.123 e. The third-order valence-corrected chi connectivity index (χ3v) is 3.62. The van der Waals surface area contributed by atoms with Crippen LogP contribution < -0.4 is 4.74 Å². The molecular weight excluding hydrogens is 314 g/mol. The van der Waals surface area contributed by atoms with Crippen molar-refractivity contribution in [3.63, 3.8) is 0 Å². The molecule has 0 aliphatic rings. The first kappa shape index (κ1) is 15.8. The second-order valence-electron chi connectivity index (χ2n) is 4.44. The first-order valence-electron chi connectivity index (χ1n) is 6.24. The van der Waals surface area contributed by atoms with Gasteiger partial charge in [0.2, 0.25) is 0 Å². The van der Waals surface area contributed by atoms with Gasteiger partial charge in [-0.3, -0.25) is 0 Å². The Kier molecular flexibility index (Phi) is 7.71. The van der Waals surface area contributed by atoms with E-state index in [2.05, 4.69) is 33.9 Å². The zero-order chi connectivity index (χ0) is 13.4. The standard InChI is InChI=1S/C14H21BrClNO/c1-17(9-5-3-4-8-16)11-12-10-13(15)6-7-14(12)18-2/h6-7,10H,3-5,8-9,11H2,1-2H3. The number of unbranched alkanes of at least 4 members (excludes halogenated alkanes) is 2. The lowest BCUT2D eigenvalue weighted by Gasteiger charge is -2.18. The number of hydrogen-bond acceptors (Lipinski definition) is 2. The number of halogens is 2. The molecule has 2 nitrogen and oxygen atoms in total. The summed E-state index contributed by atoms with van der Waals surface area (Å²) in [5.74, 6) is 1.72. The summed E-state index contributed by atoms with van der Waals surface area (Å²) in [6, 6.07) is 6.12. The van der Waals surface area contributed by atoms with Crippen molar-refractivity contribution in [1.29, 1.82) is 0 Å². The Hall–Kier alpha value is -0.250. The minimum Gasteiger partial charge on any atom is -0.496 e. The van der Waals surface area contributed by atoms with E-state index in [0.29, 0.717) is 0 Å². The molecular formula is C14H21BrClNO. The summed E-state index contributed by atoms with van der Waals surface area (Å²) >= 11 is 9.17. The van der Waals surface area contributed by atoms with Crippen LogP contribution in [0.15, 0.2) is 22.7 Å². The second kappa shape index (κ2) is 8.78. The van der Waals surface area contributed by atoms with Crippen molar-refractivity contribution in [1.82, 2.24) is 4.90 Å². The third kappa shape index (κ3) is 5.59. The van der Waals surface area contributed by atoms with E-state index in [-0.39, 0.29) is 0 Å². The van der Waals surface area contributed by atoms with Crippen molar-refractivity contribution < 1.29 is 4.74 Å². The molecule has 102 valence electrons. The van der Waals surface area contributed by atoms with Gasteiger partial charge in [-0.1, -0.05) is 22.4 Å². The number of alkyl halides is 1. The molecule has 0 fully saturated rings. The Balaban J connectivity index is 2.47. The van der Waals surface area contributed by atoms with Crippen LogP contribution in [0.1, 0.15) is 24.8 Å². The van der Waals surface area contributed by atoms with Crippen molar-refractivity contribution in [2.75, 3.05) is 26.6 Å². The molecule has 0 heterocycles. The molecule has 0 spiro atoms. The van der Waals surface area contributed by atoms with E-state index in [9.17, 15) is 0 Å². The van der Waals surface area contributed by atoms with Crippen LogP contribution in [-0.4, -0.2) is 31.5 Å². The highest BCUT2D eigenvalue weighted by atomic mass is 79.9. The molecule has 0 saturated carbocycles. The van der Waals surface area contributed by atoms with E-state index in [0.717, 1.165) is 35.6 Å². The van der Waals surface area contributed by atoms with Gasteiger partial charge in [0.15, 0.2) is 0 Å². The molecule has 0 unspecified atom stereocenters. The summed E-state index contributed by atoms with van der Waals surface area (Å²) in [5, 5.41) is 0. The first-order chi connectivity index (χ1) is 8.67. The van der Waals surface area contributed by atoms with E-state index in [1.807, 2.05) is 12.1 Å². The number of ether oxygens (including phenoxy) is 1. The number of hydrogen-bond donors (Lipinski definition) is 0. The van der Waals surface area contributed by atoms with Gasteiger partial charge in [0.25, 0.3) is 0 Å². The van der Waals surface area contributed by atoms with Crippen molar-refractivity contribution in [3.8, 4) is 5.75 Å². The lowest BCUT2D eigenvalue weighted by molar-refractivity contribution is 0.310. The number of rotatable bonds is 8. The predicted octanol–water partition coefficient (Wildman–Crippen LogP) is 4.30. The predicted molar refractivity (Wildman–Crippen MR) is 81.6 cm³/mol. The van der Waals surface area contributed by atoms with Crippen LogP contribution in [0, 0.1) is 0 Å². The number of benzene rings is 1. The minimum atomic E-state index is 0.767. The van der Waals surface area contributed by atoms with Crippen molar-refractivity contribution >= 4 is 27.5 Å². The van der Waals surface area contributed by atoms with Crippen LogP contribution in [-0.2, 0) is 6.54 Å². The summed E-state index contributed by atoms with van der Waals surface area (Å²) in [6.45, 7) is 2.00. The average molecular weight is 335 g/mol. The van der Waals surface area contributed by atoms with Crippen molar-refractivity contribution in [2.45, 2.75) is 25.8 Å². The molecule has 4 heteroatoms. The largest absolute Gasteiger partial charge is 0.496 e. The van der Waals surface area contributed by atoms with Crippen molar-refractivity contribution in [2.24, 2.45) is 0 Å². The molecule has 0 aromatic heterocycles. The molecule has 0 amide bonds. The number of nitrogens with zero attached hydrogens (tertiary/aromatic N) is 1. The SMILES string of the molecule is COc1ccc(Br)cc1CN(C)CCCCCCl. The van der Waals surface area contributed by atoms with Gasteiger partial charge >= 0.3 is 0 Å². The second-order valence-corrected chi connectivity index (χ2v) is 5.74. The zero-order valence-electron chi connectivity index (χ0n) is 11.1. The van der Waals surface area contributed by atoms with E-state index in [1.165, 1.54) is 18.4 Å². The molecule has 0 aliphatic carbocycles. The molecule has 0 aliphatic heterocycles. The molecule has 1 aromatic carbocycles. The fourth-order valence-electron chi connectivity index (χ4n) is 1.89. The van der Waals surface area contributed by atoms with Gasteiger partial charge < -0.3 is 9.64 Å². The summed E-state index contributed by atoms with van der Waals surface area (Å²) in [7, 11) is 3.86. The Morgan fingerprint density at radius 3 is 2.72 bits per heavy atom. The van der Waals surface area contributed by atoms with E-state index < -0.39 is 0 Å². The summed E-state index contributed by atoms with van der Waals surface area (Å²) in [6.07, 6.45) is 3.50. The van der Waals surface area contributed by atoms with Crippen LogP contribution in [0.25, 0.3) is 0 Å². The molecule has 0 atom stereocenters. The highest BCUT2D eigenvalue weighted by Crippen LogP contribution is 2.24. The molecule has 0 N–H and O–H groups in total. The molecule has 0 radical (unpaired) electrons. The van der Waals surface area contributed by atoms with Gasteiger partial charge in [0.05, 0.1) is 7.11 Å². The van der Waals surface area contributed by atoms with Gasteiger partial charge in [0, 0.05) is 22.5 Å². The third-order valence-electron chi connectivity index (χ3n) is 2.86. The minimum absolute atomic E-state index is 0.767. The first-order valence-corrected chi connectivity index (χ1v) is 7.57. The van der Waals surface area contributed by atoms with E-state index >= 15 is 0 Å². The van der Waals surface area contributed by atoms with E-state index in [4.69, 9.17) is 16.3 Å². The molecule has 1 rings (SSSR count). The molecule has 18 heavy (non-hydrogen) atoms. The lowest BCUT2D eigenvalue weighted by atomic mass is 10.2. The fraction of sp³-hybridized carbons (Fsp3) is 0.571. The van der Waals surface area contributed by atoms with Crippen LogP contribution in [0.5, 0.6) is 5.75 Å². The highest BCUT2D eigenvalue weighted by molar-refractivity contribution is 9.10. The monoisotopic (exact) mass is 333 g/mol. The Bertz CT molecular complexity index is 360. The Morgan fingerprint density at radius 2 is 2.06 bits per heavy atom. The number of methoxy groups -OCH3 is 1. The topological polar surface area (TPSA) is 12.5 Å². The zero-order valence-corrected chi connectivity index (χ0v) is 13.4. The molecule has 1 aromatic rings. The Labute approximate surface area is 123 Å². The van der Waals surface area contributed by atoms with Gasteiger partial charge in [-0.2, -0.15) is 0 Å². The quantitative estimate of drug-likeness (QED) is 0.519. The maximum absolute atomic E-state index is 5.67.